The van der Waals surface area contributed by atoms with E-state index in [1.54, 1.807) is 7.11 Å². The first-order chi connectivity index (χ1) is 16.6. The zero-order valence-corrected chi connectivity index (χ0v) is 20.4. The molecule has 2 atom stereocenters. The Bertz CT molecular complexity index is 1310. The first-order valence-electron chi connectivity index (χ1n) is 12.3. The molecule has 1 unspecified atom stereocenters. The number of benzene rings is 3. The Balaban J connectivity index is 1.36. The Morgan fingerprint density at radius 1 is 1.06 bits per heavy atom. The zero-order chi connectivity index (χ0) is 23.1. The second-order valence-electron chi connectivity index (χ2n) is 10.0. The molecule has 0 amide bonds. The van der Waals surface area contributed by atoms with E-state index < -0.39 is 0 Å². The Morgan fingerprint density at radius 3 is 2.79 bits per heavy atom. The summed E-state index contributed by atoms with van der Waals surface area (Å²) in [6.45, 7) is 3.36. The fourth-order valence-corrected chi connectivity index (χ4v) is 6.58. The molecule has 4 heteroatoms. The molecule has 0 spiro atoms. The van der Waals surface area contributed by atoms with Gasteiger partial charge >= 0.3 is 0 Å². The summed E-state index contributed by atoms with van der Waals surface area (Å²) in [5, 5.41) is 2.11. The SMILES string of the molecule is COc1cccc([C@]23CCN(CCc4ccccc4)CC2Cc2c([nH]c4ccc(Cl)cc24)C3)c1. The standard InChI is InChI=1S/C30H31ClN2O/c1-34-25-9-5-8-22(16-25)30-13-15-33(14-12-21-6-3-2-4-7-21)20-23(30)17-26-27-18-24(31)10-11-28(27)32-29(26)19-30/h2-11,16,18,23,32H,12-15,17,19-20H2,1H3/t23?,30-/m1/s1. The van der Waals surface area contributed by atoms with Crippen molar-refractivity contribution in [2.75, 3.05) is 26.7 Å². The van der Waals surface area contributed by atoms with Gasteiger partial charge in [0.15, 0.2) is 0 Å². The van der Waals surface area contributed by atoms with Gasteiger partial charge < -0.3 is 14.6 Å². The number of aromatic nitrogens is 1. The molecule has 174 valence electrons. The highest BCUT2D eigenvalue weighted by atomic mass is 35.5. The number of aromatic amines is 1. The zero-order valence-electron chi connectivity index (χ0n) is 19.7. The van der Waals surface area contributed by atoms with Crippen LogP contribution in [-0.2, 0) is 24.7 Å². The number of fused-ring (bicyclic) bond motifs is 4. The predicted octanol–water partition coefficient (Wildman–Crippen LogP) is 6.43. The molecule has 1 saturated heterocycles. The summed E-state index contributed by atoms with van der Waals surface area (Å²) >= 11 is 6.40. The first-order valence-corrected chi connectivity index (χ1v) is 12.7. The van der Waals surface area contributed by atoms with Gasteiger partial charge in [0, 0.05) is 40.1 Å². The van der Waals surface area contributed by atoms with Crippen LogP contribution in [0.3, 0.4) is 0 Å². The van der Waals surface area contributed by atoms with E-state index in [1.807, 2.05) is 6.07 Å². The Labute approximate surface area is 206 Å². The minimum atomic E-state index is 0.120. The van der Waals surface area contributed by atoms with Crippen molar-refractivity contribution in [2.24, 2.45) is 5.92 Å². The first kappa shape index (κ1) is 21.8. The summed E-state index contributed by atoms with van der Waals surface area (Å²) in [6.07, 6.45) is 4.39. The van der Waals surface area contributed by atoms with E-state index >= 15 is 0 Å². The van der Waals surface area contributed by atoms with E-state index in [0.717, 1.165) is 56.1 Å². The largest absolute Gasteiger partial charge is 0.497 e. The summed E-state index contributed by atoms with van der Waals surface area (Å²) in [5.74, 6) is 1.50. The van der Waals surface area contributed by atoms with Crippen molar-refractivity contribution in [3.05, 3.63) is 100 Å². The second-order valence-corrected chi connectivity index (χ2v) is 10.5. The third kappa shape index (κ3) is 3.81. The Hall–Kier alpha value is -2.75. The van der Waals surface area contributed by atoms with Crippen molar-refractivity contribution in [1.82, 2.24) is 9.88 Å². The molecule has 3 aromatic carbocycles. The van der Waals surface area contributed by atoms with Crippen LogP contribution >= 0.6 is 11.6 Å². The lowest BCUT2D eigenvalue weighted by Crippen LogP contribution is -2.54. The van der Waals surface area contributed by atoms with Crippen molar-refractivity contribution < 1.29 is 4.74 Å². The molecule has 1 fully saturated rings. The minimum absolute atomic E-state index is 0.120. The van der Waals surface area contributed by atoms with Crippen LogP contribution in [0.5, 0.6) is 5.75 Å². The number of methoxy groups -OCH3 is 1. The van der Waals surface area contributed by atoms with Crippen molar-refractivity contribution in [1.29, 1.82) is 0 Å². The number of ether oxygens (including phenoxy) is 1. The van der Waals surface area contributed by atoms with Crippen molar-refractivity contribution in [2.45, 2.75) is 31.1 Å². The monoisotopic (exact) mass is 470 g/mol. The number of nitrogens with one attached hydrogen (secondary N) is 1. The van der Waals surface area contributed by atoms with E-state index in [-0.39, 0.29) is 5.41 Å². The predicted molar refractivity (Wildman–Crippen MR) is 140 cm³/mol. The highest BCUT2D eigenvalue weighted by Gasteiger charge is 2.48. The molecule has 6 rings (SSSR count). The van der Waals surface area contributed by atoms with Gasteiger partial charge in [-0.3, -0.25) is 0 Å². The normalized spacial score (nSPS) is 22.4. The molecule has 0 saturated carbocycles. The summed E-state index contributed by atoms with van der Waals surface area (Å²) in [5.41, 5.74) is 7.01. The third-order valence-corrected chi connectivity index (χ3v) is 8.47. The quantitative estimate of drug-likeness (QED) is 0.364. The minimum Gasteiger partial charge on any atom is -0.497 e. The molecule has 4 aromatic rings. The molecule has 1 aliphatic carbocycles. The molecule has 3 nitrogen and oxygen atoms in total. The van der Waals surface area contributed by atoms with Crippen LogP contribution in [0.15, 0.2) is 72.8 Å². The molecule has 1 aromatic heterocycles. The smallest absolute Gasteiger partial charge is 0.119 e. The Kier molecular flexibility index (Phi) is 5.63. The van der Waals surface area contributed by atoms with Crippen LogP contribution in [0.25, 0.3) is 10.9 Å². The van der Waals surface area contributed by atoms with Gasteiger partial charge in [-0.2, -0.15) is 0 Å². The van der Waals surface area contributed by atoms with Gasteiger partial charge in [0.2, 0.25) is 0 Å². The molecule has 34 heavy (non-hydrogen) atoms. The fraction of sp³-hybridized carbons (Fsp3) is 0.333. The van der Waals surface area contributed by atoms with E-state index in [9.17, 15) is 0 Å². The number of H-pyrrole nitrogens is 1. The molecular formula is C30H31ClN2O. The third-order valence-electron chi connectivity index (χ3n) is 8.24. The van der Waals surface area contributed by atoms with Crippen molar-refractivity contribution in [3.8, 4) is 5.75 Å². The maximum atomic E-state index is 6.40. The molecule has 1 N–H and O–H groups in total. The van der Waals surface area contributed by atoms with Gasteiger partial charge in [0.1, 0.15) is 5.75 Å². The van der Waals surface area contributed by atoms with E-state index in [4.69, 9.17) is 16.3 Å². The van der Waals surface area contributed by atoms with Crippen LogP contribution < -0.4 is 4.74 Å². The highest BCUT2D eigenvalue weighted by molar-refractivity contribution is 6.31. The average Bonchev–Trinajstić information content (AvgIpc) is 3.22. The number of likely N-dealkylation sites (tertiary alicyclic amines) is 1. The van der Waals surface area contributed by atoms with Crippen LogP contribution in [0, 0.1) is 5.92 Å². The van der Waals surface area contributed by atoms with Gasteiger partial charge in [-0.25, -0.2) is 0 Å². The molecule has 2 heterocycles. The summed E-state index contributed by atoms with van der Waals surface area (Å²) in [7, 11) is 1.76. The molecule has 0 bridgehead atoms. The number of halogens is 1. The maximum absolute atomic E-state index is 6.40. The van der Waals surface area contributed by atoms with Crippen LogP contribution in [0.2, 0.25) is 5.02 Å². The summed E-state index contributed by atoms with van der Waals surface area (Å²) < 4.78 is 5.63. The number of hydrogen-bond acceptors (Lipinski definition) is 2. The number of nitrogens with zero attached hydrogens (tertiary/aromatic N) is 1. The van der Waals surface area contributed by atoms with E-state index in [2.05, 4.69) is 76.6 Å². The molecular weight excluding hydrogens is 440 g/mol. The maximum Gasteiger partial charge on any atom is 0.119 e. The topological polar surface area (TPSA) is 28.3 Å². The molecule has 2 aliphatic rings. The number of rotatable bonds is 5. The van der Waals surface area contributed by atoms with E-state index in [1.165, 1.54) is 33.3 Å². The Morgan fingerprint density at radius 2 is 1.94 bits per heavy atom. The molecule has 1 aliphatic heterocycles. The lowest BCUT2D eigenvalue weighted by atomic mass is 9.58. The average molecular weight is 471 g/mol. The lowest BCUT2D eigenvalue weighted by Gasteiger charge is -2.51. The number of hydrogen-bond donors (Lipinski definition) is 1. The summed E-state index contributed by atoms with van der Waals surface area (Å²) in [6, 6.07) is 25.9. The lowest BCUT2D eigenvalue weighted by molar-refractivity contribution is 0.0822. The molecule has 0 radical (unpaired) electrons. The van der Waals surface area contributed by atoms with E-state index in [0.29, 0.717) is 5.92 Å². The number of piperidine rings is 1. The summed E-state index contributed by atoms with van der Waals surface area (Å²) in [4.78, 5) is 6.44. The van der Waals surface area contributed by atoms with Crippen molar-refractivity contribution >= 4 is 22.5 Å². The van der Waals surface area contributed by atoms with Gasteiger partial charge in [0.25, 0.3) is 0 Å². The highest BCUT2D eigenvalue weighted by Crippen LogP contribution is 2.49. The van der Waals surface area contributed by atoms with Gasteiger partial charge in [-0.15, -0.1) is 0 Å². The van der Waals surface area contributed by atoms with Crippen LogP contribution in [-0.4, -0.2) is 36.6 Å². The second kappa shape index (κ2) is 8.79. The van der Waals surface area contributed by atoms with Crippen LogP contribution in [0.1, 0.15) is 28.8 Å². The van der Waals surface area contributed by atoms with Gasteiger partial charge in [0.05, 0.1) is 7.11 Å². The van der Waals surface area contributed by atoms with Gasteiger partial charge in [-0.05, 0) is 85.2 Å². The van der Waals surface area contributed by atoms with Gasteiger partial charge in [-0.1, -0.05) is 54.1 Å². The fourth-order valence-electron chi connectivity index (χ4n) is 6.40. The van der Waals surface area contributed by atoms with Crippen molar-refractivity contribution in [3.63, 3.8) is 0 Å². The van der Waals surface area contributed by atoms with Crippen LogP contribution in [0.4, 0.5) is 0 Å².